The smallest absolute Gasteiger partial charge is 0.228 e. The third-order valence-corrected chi connectivity index (χ3v) is 3.18. The van der Waals surface area contributed by atoms with Crippen LogP contribution >= 0.6 is 0 Å². The second kappa shape index (κ2) is 6.91. The quantitative estimate of drug-likeness (QED) is 0.814. The van der Waals surface area contributed by atoms with E-state index in [1.54, 1.807) is 12.1 Å². The number of hydrogen-bond acceptors (Lipinski definition) is 3. The fourth-order valence-electron chi connectivity index (χ4n) is 2.20. The van der Waals surface area contributed by atoms with Crippen molar-refractivity contribution in [3.63, 3.8) is 0 Å². The zero-order chi connectivity index (χ0) is 13.5. The van der Waals surface area contributed by atoms with E-state index in [9.17, 15) is 4.79 Å². The Bertz CT molecular complexity index is 496. The van der Waals surface area contributed by atoms with E-state index in [2.05, 4.69) is 22.1 Å². The van der Waals surface area contributed by atoms with E-state index >= 15 is 0 Å². The van der Waals surface area contributed by atoms with Crippen LogP contribution in [-0.2, 0) is 4.79 Å². The van der Waals surface area contributed by atoms with Crippen LogP contribution in [0.15, 0.2) is 18.2 Å². The van der Waals surface area contributed by atoms with Crippen LogP contribution in [0, 0.1) is 17.8 Å². The van der Waals surface area contributed by atoms with Crippen molar-refractivity contribution in [2.75, 3.05) is 11.9 Å². The summed E-state index contributed by atoms with van der Waals surface area (Å²) in [5, 5.41) is 11.5. The van der Waals surface area contributed by atoms with Crippen LogP contribution in [0.1, 0.15) is 37.8 Å². The van der Waals surface area contributed by atoms with E-state index in [0.29, 0.717) is 17.9 Å². The Morgan fingerprint density at radius 1 is 1.42 bits per heavy atom. The highest BCUT2D eigenvalue weighted by Crippen LogP contribution is 2.25. The lowest BCUT2D eigenvalue weighted by Gasteiger charge is -2.09. The largest absolute Gasteiger partial charge is 0.395 e. The zero-order valence-electron chi connectivity index (χ0n) is 10.9. The normalized spacial score (nSPS) is 14.8. The molecular formula is C15H18N2O2. The molecule has 1 aromatic heterocycles. The van der Waals surface area contributed by atoms with Crippen molar-refractivity contribution in [3.05, 3.63) is 23.9 Å². The maximum absolute atomic E-state index is 12.0. The van der Waals surface area contributed by atoms with Gasteiger partial charge < -0.3 is 10.4 Å². The highest BCUT2D eigenvalue weighted by atomic mass is 16.2. The lowest BCUT2D eigenvalue weighted by molar-refractivity contribution is -0.119. The molecule has 100 valence electrons. The van der Waals surface area contributed by atoms with Crippen LogP contribution in [0.4, 0.5) is 5.82 Å². The maximum Gasteiger partial charge on any atom is 0.228 e. The predicted molar refractivity (Wildman–Crippen MR) is 73.4 cm³/mol. The van der Waals surface area contributed by atoms with Crippen LogP contribution < -0.4 is 5.32 Å². The van der Waals surface area contributed by atoms with Gasteiger partial charge >= 0.3 is 0 Å². The Kier molecular flexibility index (Phi) is 4.93. The molecule has 1 amide bonds. The molecule has 19 heavy (non-hydrogen) atoms. The minimum absolute atomic E-state index is 0.0467. The monoisotopic (exact) mass is 258 g/mol. The molecule has 1 aliphatic rings. The molecule has 1 aliphatic carbocycles. The lowest BCUT2D eigenvalue weighted by atomic mass is 10.1. The van der Waals surface area contributed by atoms with Gasteiger partial charge in [-0.2, -0.15) is 0 Å². The fourth-order valence-corrected chi connectivity index (χ4v) is 2.20. The number of aliphatic hydroxyl groups excluding tert-OH is 1. The summed E-state index contributed by atoms with van der Waals surface area (Å²) in [6.07, 6.45) is 4.65. The summed E-state index contributed by atoms with van der Waals surface area (Å²) in [7, 11) is 0. The first kappa shape index (κ1) is 13.6. The van der Waals surface area contributed by atoms with Crippen molar-refractivity contribution in [3.8, 4) is 11.8 Å². The minimum Gasteiger partial charge on any atom is -0.395 e. The minimum atomic E-state index is 0.0467. The first-order valence-electron chi connectivity index (χ1n) is 6.67. The molecule has 2 rings (SSSR count). The van der Waals surface area contributed by atoms with Crippen molar-refractivity contribution in [2.24, 2.45) is 5.92 Å². The molecule has 4 heteroatoms. The van der Waals surface area contributed by atoms with Crippen molar-refractivity contribution in [2.45, 2.75) is 32.1 Å². The number of pyridine rings is 1. The lowest BCUT2D eigenvalue weighted by Crippen LogP contribution is -2.20. The molecule has 2 N–H and O–H groups in total. The molecule has 1 heterocycles. The molecule has 1 saturated carbocycles. The van der Waals surface area contributed by atoms with Gasteiger partial charge in [0.15, 0.2) is 0 Å². The molecule has 0 radical (unpaired) electrons. The maximum atomic E-state index is 12.0. The number of amides is 1. The zero-order valence-corrected chi connectivity index (χ0v) is 10.9. The van der Waals surface area contributed by atoms with E-state index in [4.69, 9.17) is 5.11 Å². The topological polar surface area (TPSA) is 62.2 Å². The molecule has 1 fully saturated rings. The molecule has 0 aromatic carbocycles. The van der Waals surface area contributed by atoms with Gasteiger partial charge in [-0.3, -0.25) is 4.79 Å². The predicted octanol–water partition coefficient (Wildman–Crippen LogP) is 1.94. The standard InChI is InChI=1S/C15H18N2O2/c18-11-4-3-8-13-9-5-10-14(16-13)17-15(19)12-6-1-2-7-12/h5,9-10,12,18H,1-2,4,6-7,11H2,(H,16,17,19). The van der Waals surface area contributed by atoms with Gasteiger partial charge in [0, 0.05) is 12.3 Å². The Hall–Kier alpha value is -1.86. The molecule has 0 aliphatic heterocycles. The summed E-state index contributed by atoms with van der Waals surface area (Å²) in [4.78, 5) is 16.2. The number of rotatable bonds is 3. The number of anilines is 1. The van der Waals surface area contributed by atoms with E-state index in [0.717, 1.165) is 25.7 Å². The second-order valence-corrected chi connectivity index (χ2v) is 4.65. The number of aromatic nitrogens is 1. The molecular weight excluding hydrogens is 240 g/mol. The van der Waals surface area contributed by atoms with Crippen LogP contribution in [0.2, 0.25) is 0 Å². The number of hydrogen-bond donors (Lipinski definition) is 2. The summed E-state index contributed by atoms with van der Waals surface area (Å²) in [6, 6.07) is 5.37. The van der Waals surface area contributed by atoms with Gasteiger partial charge in [-0.25, -0.2) is 4.98 Å². The van der Waals surface area contributed by atoms with E-state index < -0.39 is 0 Å². The average Bonchev–Trinajstić information content (AvgIpc) is 2.93. The third kappa shape index (κ3) is 4.08. The summed E-state index contributed by atoms with van der Waals surface area (Å²) in [5.41, 5.74) is 0.609. The van der Waals surface area contributed by atoms with E-state index in [-0.39, 0.29) is 18.4 Å². The van der Waals surface area contributed by atoms with Gasteiger partial charge in [0.2, 0.25) is 5.91 Å². The van der Waals surface area contributed by atoms with Crippen LogP contribution in [0.3, 0.4) is 0 Å². The van der Waals surface area contributed by atoms with Crippen LogP contribution in [-0.4, -0.2) is 22.6 Å². The van der Waals surface area contributed by atoms with Gasteiger partial charge in [0.1, 0.15) is 11.5 Å². The number of carbonyl (C=O) groups is 1. The highest BCUT2D eigenvalue weighted by Gasteiger charge is 2.22. The highest BCUT2D eigenvalue weighted by molar-refractivity contribution is 5.91. The van der Waals surface area contributed by atoms with Crippen molar-refractivity contribution >= 4 is 11.7 Å². The van der Waals surface area contributed by atoms with Crippen LogP contribution in [0.5, 0.6) is 0 Å². The Labute approximate surface area is 113 Å². The van der Waals surface area contributed by atoms with Gasteiger partial charge in [-0.15, -0.1) is 0 Å². The summed E-state index contributed by atoms with van der Waals surface area (Å²) >= 11 is 0. The summed E-state index contributed by atoms with van der Waals surface area (Å²) < 4.78 is 0. The number of aliphatic hydroxyl groups is 1. The molecule has 0 unspecified atom stereocenters. The molecule has 1 aromatic rings. The molecule has 0 saturated heterocycles. The third-order valence-electron chi connectivity index (χ3n) is 3.18. The molecule has 0 bridgehead atoms. The molecule has 0 spiro atoms. The fraction of sp³-hybridized carbons (Fsp3) is 0.467. The van der Waals surface area contributed by atoms with Crippen molar-refractivity contribution in [1.29, 1.82) is 0 Å². The SMILES string of the molecule is O=C(Nc1cccc(C#CCCO)n1)C1CCCC1. The Morgan fingerprint density at radius 3 is 2.95 bits per heavy atom. The first-order chi connectivity index (χ1) is 9.29. The first-order valence-corrected chi connectivity index (χ1v) is 6.67. The molecule has 4 nitrogen and oxygen atoms in total. The Morgan fingerprint density at radius 2 is 2.21 bits per heavy atom. The van der Waals surface area contributed by atoms with Gasteiger partial charge in [0.25, 0.3) is 0 Å². The average molecular weight is 258 g/mol. The van der Waals surface area contributed by atoms with Gasteiger partial charge in [0.05, 0.1) is 6.61 Å². The van der Waals surface area contributed by atoms with Gasteiger partial charge in [-0.1, -0.05) is 24.8 Å². The van der Waals surface area contributed by atoms with Gasteiger partial charge in [-0.05, 0) is 30.9 Å². The van der Waals surface area contributed by atoms with Crippen molar-refractivity contribution < 1.29 is 9.90 Å². The second-order valence-electron chi connectivity index (χ2n) is 4.65. The van der Waals surface area contributed by atoms with E-state index in [1.165, 1.54) is 0 Å². The Balaban J connectivity index is 1.98. The summed E-state index contributed by atoms with van der Waals surface area (Å²) in [5.74, 6) is 6.41. The summed E-state index contributed by atoms with van der Waals surface area (Å²) in [6.45, 7) is 0.0467. The molecule has 0 atom stereocenters. The number of nitrogens with zero attached hydrogens (tertiary/aromatic N) is 1. The number of nitrogens with one attached hydrogen (secondary N) is 1. The van der Waals surface area contributed by atoms with E-state index in [1.807, 2.05) is 6.07 Å². The van der Waals surface area contributed by atoms with Crippen molar-refractivity contribution in [1.82, 2.24) is 4.98 Å². The number of carbonyl (C=O) groups excluding carboxylic acids is 1. The van der Waals surface area contributed by atoms with Crippen LogP contribution in [0.25, 0.3) is 0 Å².